The maximum atomic E-state index is 10.7. The zero-order valence-electron chi connectivity index (χ0n) is 6.44. The Labute approximate surface area is 65.5 Å². The summed E-state index contributed by atoms with van der Waals surface area (Å²) in [6.07, 6.45) is 0. The third-order valence-corrected chi connectivity index (χ3v) is 0.981. The average molecular weight is 158 g/mol. The van der Waals surface area contributed by atoms with E-state index in [1.165, 1.54) is 0 Å². The monoisotopic (exact) mass is 158 g/mol. The number of amides is 2. The molecule has 0 fully saturated rings. The van der Waals surface area contributed by atoms with Crippen molar-refractivity contribution in [1.82, 2.24) is 16.0 Å². The van der Waals surface area contributed by atoms with Crippen LogP contribution in [0.5, 0.6) is 0 Å². The molecule has 0 aromatic carbocycles. The first-order valence-electron chi connectivity index (χ1n) is 3.18. The van der Waals surface area contributed by atoms with Crippen LogP contribution in [0.25, 0.3) is 0 Å². The molecule has 11 heavy (non-hydrogen) atoms. The minimum atomic E-state index is -0.311. The van der Waals surface area contributed by atoms with E-state index in [0.29, 0.717) is 0 Å². The second-order valence-electron chi connectivity index (χ2n) is 1.91. The predicted molar refractivity (Wildman–Crippen MR) is 40.4 cm³/mol. The van der Waals surface area contributed by atoms with Crippen LogP contribution >= 0.6 is 0 Å². The van der Waals surface area contributed by atoms with Gasteiger partial charge in [0.05, 0.1) is 13.1 Å². The van der Waals surface area contributed by atoms with Crippen LogP contribution in [0.1, 0.15) is 0 Å². The Morgan fingerprint density at radius 2 is 1.91 bits per heavy atom. The fraction of sp³-hybridized carbons (Fsp3) is 0.500. The minimum Gasteiger partial charge on any atom is -0.353 e. The smallest absolute Gasteiger partial charge is 0.239 e. The molecule has 0 unspecified atom stereocenters. The van der Waals surface area contributed by atoms with Crippen molar-refractivity contribution in [2.24, 2.45) is 0 Å². The molecule has 0 aliphatic rings. The maximum absolute atomic E-state index is 10.7. The Bertz CT molecular complexity index is 147. The predicted octanol–water partition coefficient (Wildman–Crippen LogP) is -1.77. The highest BCUT2D eigenvalue weighted by Crippen LogP contribution is 1.64. The minimum absolute atomic E-state index is 0.0238. The van der Waals surface area contributed by atoms with Gasteiger partial charge in [-0.05, 0) is 7.05 Å². The molecule has 63 valence electrons. The summed E-state index contributed by atoms with van der Waals surface area (Å²) in [5.41, 5.74) is 0. The van der Waals surface area contributed by atoms with Gasteiger partial charge in [-0.3, -0.25) is 9.59 Å². The molecule has 2 amide bonds. The Hall–Kier alpha value is -1.10. The van der Waals surface area contributed by atoms with Crippen LogP contribution in [-0.2, 0) is 9.59 Å². The van der Waals surface area contributed by atoms with E-state index in [-0.39, 0.29) is 24.9 Å². The maximum Gasteiger partial charge on any atom is 0.239 e. The van der Waals surface area contributed by atoms with E-state index in [0.717, 1.165) is 0 Å². The molecule has 0 rings (SSSR count). The summed E-state index contributed by atoms with van der Waals surface area (Å²) in [4.78, 5) is 21.2. The van der Waals surface area contributed by atoms with Crippen LogP contribution in [0.4, 0.5) is 0 Å². The molecular formula is C6H12N3O2. The summed E-state index contributed by atoms with van der Waals surface area (Å²) in [5, 5.41) is 7.17. The molecule has 1 radical (unpaired) electrons. The molecule has 5 nitrogen and oxygen atoms in total. The third-order valence-electron chi connectivity index (χ3n) is 0.981. The second-order valence-corrected chi connectivity index (χ2v) is 1.91. The van der Waals surface area contributed by atoms with Gasteiger partial charge >= 0.3 is 0 Å². The fourth-order valence-electron chi connectivity index (χ4n) is 0.464. The van der Waals surface area contributed by atoms with Crippen molar-refractivity contribution in [3.8, 4) is 0 Å². The van der Waals surface area contributed by atoms with E-state index in [9.17, 15) is 9.59 Å². The van der Waals surface area contributed by atoms with Gasteiger partial charge in [-0.2, -0.15) is 0 Å². The Kier molecular flexibility index (Phi) is 5.10. The van der Waals surface area contributed by atoms with Crippen molar-refractivity contribution in [3.63, 3.8) is 0 Å². The van der Waals surface area contributed by atoms with E-state index in [4.69, 9.17) is 0 Å². The fourth-order valence-corrected chi connectivity index (χ4v) is 0.464. The van der Waals surface area contributed by atoms with Gasteiger partial charge in [-0.25, -0.2) is 0 Å². The SMILES string of the molecule is [CH2]NC(=O)CNC(=O)CNC. The zero-order valence-corrected chi connectivity index (χ0v) is 6.44. The van der Waals surface area contributed by atoms with Crippen molar-refractivity contribution in [1.29, 1.82) is 0 Å². The summed E-state index contributed by atoms with van der Waals surface area (Å²) < 4.78 is 0. The number of carbonyl (C=O) groups is 2. The van der Waals surface area contributed by atoms with Gasteiger partial charge < -0.3 is 16.0 Å². The molecule has 0 spiro atoms. The van der Waals surface area contributed by atoms with Crippen molar-refractivity contribution in [3.05, 3.63) is 7.05 Å². The molecule has 5 heteroatoms. The first kappa shape index (κ1) is 9.90. The summed E-state index contributed by atoms with van der Waals surface area (Å²) in [6, 6.07) is 0. The molecule has 0 bridgehead atoms. The van der Waals surface area contributed by atoms with E-state index >= 15 is 0 Å². The summed E-state index contributed by atoms with van der Waals surface area (Å²) >= 11 is 0. The number of likely N-dealkylation sites (N-methyl/N-ethyl adjacent to an activating group) is 1. The highest BCUT2D eigenvalue weighted by molar-refractivity contribution is 5.85. The summed E-state index contributed by atoms with van der Waals surface area (Å²) in [7, 11) is 4.80. The second kappa shape index (κ2) is 5.67. The summed E-state index contributed by atoms with van der Waals surface area (Å²) in [6.45, 7) is 0.189. The largest absolute Gasteiger partial charge is 0.353 e. The molecule has 0 aromatic rings. The lowest BCUT2D eigenvalue weighted by atomic mass is 10.5. The standard InChI is InChI=1S/C6H12N3O2/c1-7-3-6(11)9-4-5(10)8-2/h7H,2-4H2,1H3,(H,8,10)(H,9,11). The normalized spacial score (nSPS) is 8.91. The van der Waals surface area contributed by atoms with Crippen LogP contribution in [-0.4, -0.2) is 32.0 Å². The van der Waals surface area contributed by atoms with Crippen molar-refractivity contribution in [2.45, 2.75) is 0 Å². The molecule has 0 aliphatic carbocycles. The Balaban J connectivity index is 3.38. The number of hydrogen-bond acceptors (Lipinski definition) is 3. The van der Waals surface area contributed by atoms with Crippen LogP contribution in [0.2, 0.25) is 0 Å². The number of rotatable bonds is 4. The molecular weight excluding hydrogens is 146 g/mol. The quantitative estimate of drug-likeness (QED) is 0.453. The van der Waals surface area contributed by atoms with Gasteiger partial charge in [0.2, 0.25) is 11.8 Å². The van der Waals surface area contributed by atoms with Crippen LogP contribution in [0.15, 0.2) is 0 Å². The van der Waals surface area contributed by atoms with Gasteiger partial charge in [-0.15, -0.1) is 0 Å². The Morgan fingerprint density at radius 1 is 1.27 bits per heavy atom. The van der Waals surface area contributed by atoms with Crippen molar-refractivity contribution in [2.75, 3.05) is 20.1 Å². The molecule has 0 atom stereocenters. The third kappa shape index (κ3) is 5.35. The number of hydrogen-bond donors (Lipinski definition) is 3. The average Bonchev–Trinajstić information content (AvgIpc) is 2.01. The molecule has 0 aliphatic heterocycles. The van der Waals surface area contributed by atoms with Gasteiger partial charge in [-0.1, -0.05) is 0 Å². The zero-order chi connectivity index (χ0) is 8.69. The van der Waals surface area contributed by atoms with Crippen molar-refractivity contribution < 1.29 is 9.59 Å². The van der Waals surface area contributed by atoms with Crippen LogP contribution < -0.4 is 16.0 Å². The van der Waals surface area contributed by atoms with E-state index in [1.807, 2.05) is 0 Å². The lowest BCUT2D eigenvalue weighted by Crippen LogP contribution is -2.38. The molecule has 3 N–H and O–H groups in total. The molecule has 0 saturated carbocycles. The lowest BCUT2D eigenvalue weighted by molar-refractivity contribution is -0.125. The van der Waals surface area contributed by atoms with Crippen LogP contribution in [0, 0.1) is 7.05 Å². The number of nitrogens with one attached hydrogen (secondary N) is 3. The number of carbonyl (C=O) groups excluding carboxylic acids is 2. The van der Waals surface area contributed by atoms with Crippen molar-refractivity contribution >= 4 is 11.8 Å². The first-order chi connectivity index (χ1) is 5.20. The van der Waals surface area contributed by atoms with Gasteiger partial charge in [0.15, 0.2) is 0 Å². The van der Waals surface area contributed by atoms with E-state index in [1.54, 1.807) is 7.05 Å². The lowest BCUT2D eigenvalue weighted by Gasteiger charge is -2.02. The molecule has 0 aromatic heterocycles. The Morgan fingerprint density at radius 3 is 2.36 bits per heavy atom. The van der Waals surface area contributed by atoms with E-state index in [2.05, 4.69) is 23.0 Å². The summed E-state index contributed by atoms with van der Waals surface area (Å²) in [5.74, 6) is -0.523. The molecule has 0 saturated heterocycles. The highest BCUT2D eigenvalue weighted by atomic mass is 16.2. The van der Waals surface area contributed by atoms with Crippen LogP contribution in [0.3, 0.4) is 0 Å². The van der Waals surface area contributed by atoms with Gasteiger partial charge in [0.25, 0.3) is 0 Å². The van der Waals surface area contributed by atoms with Gasteiger partial charge in [0.1, 0.15) is 0 Å². The highest BCUT2D eigenvalue weighted by Gasteiger charge is 2.00. The first-order valence-corrected chi connectivity index (χ1v) is 3.18. The molecule has 0 heterocycles. The van der Waals surface area contributed by atoms with E-state index < -0.39 is 0 Å². The van der Waals surface area contributed by atoms with Gasteiger partial charge in [0, 0.05) is 7.05 Å². The topological polar surface area (TPSA) is 70.2 Å².